The number of rotatable bonds is 1. The second kappa shape index (κ2) is 4.86. The van der Waals surface area contributed by atoms with E-state index < -0.39 is 0 Å². The van der Waals surface area contributed by atoms with Crippen molar-refractivity contribution in [2.45, 2.75) is 9.79 Å². The molecule has 0 saturated carbocycles. The van der Waals surface area contributed by atoms with E-state index in [9.17, 15) is 0 Å². The molecule has 0 aromatic heterocycles. The van der Waals surface area contributed by atoms with Crippen LogP contribution in [0, 0.1) is 43.4 Å². The minimum absolute atomic E-state index is 0. The molecule has 4 heteroatoms. The van der Waals surface area contributed by atoms with Crippen LogP contribution in [0.3, 0.4) is 0 Å². The predicted octanol–water partition coefficient (Wildman–Crippen LogP) is 2.81. The summed E-state index contributed by atoms with van der Waals surface area (Å²) >= 11 is 3.14. The Morgan fingerprint density at radius 3 is 3.25 bits per heavy atom. The van der Waals surface area contributed by atoms with Crippen molar-refractivity contribution in [3.05, 3.63) is 24.5 Å². The van der Waals surface area contributed by atoms with Gasteiger partial charge < -0.3 is 16.5 Å². The maximum absolute atomic E-state index is 5.34. The van der Waals surface area contributed by atoms with Crippen molar-refractivity contribution in [1.82, 2.24) is 0 Å². The number of benzene rings is 1. The molecule has 0 unspecified atom stereocenters. The summed E-state index contributed by atoms with van der Waals surface area (Å²) in [5.41, 5.74) is 0. The van der Waals surface area contributed by atoms with E-state index in [1.165, 1.54) is 16.7 Å². The van der Waals surface area contributed by atoms with Crippen LogP contribution in [0.2, 0.25) is 0 Å². The van der Waals surface area contributed by atoms with E-state index in [4.69, 9.17) is 4.74 Å². The monoisotopic (exact) mass is 420 g/mol. The second-order valence-electron chi connectivity index (χ2n) is 2.08. The maximum Gasteiger partial charge on any atom is 2.00 e. The Labute approximate surface area is 104 Å². The number of hydrogen-bond acceptors (Lipinski definition) is 3. The predicted molar refractivity (Wildman–Crippen MR) is 47.8 cm³/mol. The molecule has 0 amide bonds. The molecule has 0 saturated heterocycles. The van der Waals surface area contributed by atoms with Crippen LogP contribution in [-0.4, -0.2) is 5.94 Å². The smallest absolute Gasteiger partial charge is 0.508 e. The van der Waals surface area contributed by atoms with E-state index in [1.54, 1.807) is 11.8 Å². The van der Waals surface area contributed by atoms with Crippen molar-refractivity contribution >= 4 is 23.5 Å². The molecule has 1 aromatic rings. The third-order valence-electron chi connectivity index (χ3n) is 1.43. The zero-order valence-electron chi connectivity index (χ0n) is 6.29. The van der Waals surface area contributed by atoms with Crippen LogP contribution < -0.4 is 4.74 Å². The zero-order chi connectivity index (χ0) is 7.68. The molecule has 1 aliphatic rings. The Morgan fingerprint density at radius 1 is 1.67 bits per heavy atom. The average Bonchev–Trinajstić information content (AvgIpc) is 2.50. The summed E-state index contributed by atoms with van der Waals surface area (Å²) in [7, 11) is 0. The molecule has 12 heavy (non-hydrogen) atoms. The van der Waals surface area contributed by atoms with Gasteiger partial charge in [-0.3, -0.25) is 6.26 Å². The first kappa shape index (κ1) is 10.9. The van der Waals surface area contributed by atoms with Crippen molar-refractivity contribution in [3.63, 3.8) is 0 Å². The van der Waals surface area contributed by atoms with E-state index >= 15 is 0 Å². The van der Waals surface area contributed by atoms with Crippen LogP contribution in [0.15, 0.2) is 21.9 Å². The number of thioether (sulfide) groups is 2. The van der Waals surface area contributed by atoms with Crippen LogP contribution >= 0.6 is 23.5 Å². The minimum Gasteiger partial charge on any atom is -0.508 e. The molecule has 1 aromatic carbocycles. The van der Waals surface area contributed by atoms with Crippen molar-refractivity contribution < 1.29 is 35.9 Å². The Bertz CT molecular complexity index is 278. The van der Waals surface area contributed by atoms with Gasteiger partial charge in [-0.05, 0) is 0 Å². The fraction of sp³-hybridized carbons (Fsp3) is 0.125. The Balaban J connectivity index is 0.000000720. The van der Waals surface area contributed by atoms with Crippen LogP contribution in [-0.2, 0) is 0 Å². The van der Waals surface area contributed by atoms with Gasteiger partial charge in [0.1, 0.15) is 5.94 Å². The number of fused-ring (bicyclic) bond motifs is 1. The van der Waals surface area contributed by atoms with E-state index in [2.05, 4.69) is 12.3 Å². The van der Waals surface area contributed by atoms with E-state index in [-0.39, 0.29) is 31.1 Å². The first-order chi connectivity index (χ1) is 5.40. The third-order valence-corrected chi connectivity index (χ3v) is 2.85. The molecular formula is C8H6OS2U. The van der Waals surface area contributed by atoms with Gasteiger partial charge in [0.2, 0.25) is 0 Å². The fourth-order valence-corrected chi connectivity index (χ4v) is 1.95. The largest absolute Gasteiger partial charge is 2.00 e. The van der Waals surface area contributed by atoms with Gasteiger partial charge in [-0.15, -0.1) is 11.0 Å². The van der Waals surface area contributed by atoms with Gasteiger partial charge in [-0.25, -0.2) is 0 Å². The molecular weight excluding hydrogens is 414 g/mol. The normalized spacial score (nSPS) is 13.1. The molecule has 0 aliphatic carbocycles. The first-order valence-electron chi connectivity index (χ1n) is 3.13. The molecule has 0 radical (unpaired) electrons. The topological polar surface area (TPSA) is 9.23 Å². The van der Waals surface area contributed by atoms with Crippen molar-refractivity contribution in [3.8, 4) is 5.75 Å². The van der Waals surface area contributed by atoms with Gasteiger partial charge in [-0.1, -0.05) is 4.90 Å². The quantitative estimate of drug-likeness (QED) is 0.511. The standard InChI is InChI=1S/C8H6OS2.U/c1-10-6-2-3-8-7(4-6)9-5-11-8;/h3-4H,1,5H2;/q-2;+2. The molecule has 1 nitrogen and oxygen atoms in total. The van der Waals surface area contributed by atoms with Crippen LogP contribution in [0.5, 0.6) is 5.75 Å². The number of ether oxygens (including phenoxy) is 1. The van der Waals surface area contributed by atoms with Crippen LogP contribution in [0.1, 0.15) is 0 Å². The molecule has 0 fully saturated rings. The second-order valence-corrected chi connectivity index (χ2v) is 3.77. The average molecular weight is 420 g/mol. The summed E-state index contributed by atoms with van der Waals surface area (Å²) in [5.74, 6) is 1.70. The van der Waals surface area contributed by atoms with E-state index in [0.29, 0.717) is 0 Å². The molecule has 0 N–H and O–H groups in total. The van der Waals surface area contributed by atoms with Crippen molar-refractivity contribution in [2.75, 3.05) is 5.94 Å². The summed E-state index contributed by atoms with van der Waals surface area (Å²) in [5, 5.41) is 0. The summed E-state index contributed by atoms with van der Waals surface area (Å²) < 4.78 is 5.34. The van der Waals surface area contributed by atoms with E-state index in [0.717, 1.165) is 16.6 Å². The summed E-state index contributed by atoms with van der Waals surface area (Å²) in [6.45, 7) is 0. The zero-order valence-corrected chi connectivity index (χ0v) is 12.1. The van der Waals surface area contributed by atoms with E-state index in [1.807, 2.05) is 12.1 Å². The van der Waals surface area contributed by atoms with Gasteiger partial charge in [0, 0.05) is 5.75 Å². The van der Waals surface area contributed by atoms with Gasteiger partial charge in [0.25, 0.3) is 0 Å². The Morgan fingerprint density at radius 2 is 2.50 bits per heavy atom. The van der Waals surface area contributed by atoms with Crippen molar-refractivity contribution in [2.24, 2.45) is 0 Å². The number of hydrogen-bond donors (Lipinski definition) is 0. The van der Waals surface area contributed by atoms with Gasteiger partial charge >= 0.3 is 31.1 Å². The Hall–Kier alpha value is 0.772. The van der Waals surface area contributed by atoms with Gasteiger partial charge in [0.15, 0.2) is 0 Å². The Kier molecular flexibility index (Phi) is 4.39. The fourth-order valence-electron chi connectivity index (χ4n) is 0.905. The molecule has 0 atom stereocenters. The maximum atomic E-state index is 5.34. The SMILES string of the molecule is [CH2-]Sc1[c-]cc2c(c1)OCS2.[U+2]. The van der Waals surface area contributed by atoms with Crippen LogP contribution in [0.25, 0.3) is 0 Å². The summed E-state index contributed by atoms with van der Waals surface area (Å²) in [4.78, 5) is 2.22. The minimum atomic E-state index is 0. The molecule has 0 bridgehead atoms. The molecule has 60 valence electrons. The van der Waals surface area contributed by atoms with Crippen LogP contribution in [0.4, 0.5) is 0 Å². The molecule has 2 rings (SSSR count). The van der Waals surface area contributed by atoms with Gasteiger partial charge in [-0.2, -0.15) is 23.9 Å². The molecule has 0 spiro atoms. The summed E-state index contributed by atoms with van der Waals surface area (Å²) in [6, 6.07) is 7.06. The van der Waals surface area contributed by atoms with Crippen molar-refractivity contribution in [1.29, 1.82) is 0 Å². The molecule has 1 aliphatic heterocycles. The van der Waals surface area contributed by atoms with Gasteiger partial charge in [0.05, 0.1) is 0 Å². The molecule has 1 heterocycles. The first-order valence-corrected chi connectivity index (χ1v) is 5.10. The third kappa shape index (κ3) is 2.17. The summed E-state index contributed by atoms with van der Waals surface area (Å²) in [6.07, 6.45) is 3.70.